The zero-order valence-corrected chi connectivity index (χ0v) is 15.9. The van der Waals surface area contributed by atoms with Crippen molar-refractivity contribution in [2.24, 2.45) is 7.05 Å². The molecule has 32 heavy (non-hydrogen) atoms. The molecular formula is C19H11F6N5O2. The van der Waals surface area contributed by atoms with Crippen LogP contribution in [0.3, 0.4) is 0 Å². The highest BCUT2D eigenvalue weighted by Crippen LogP contribution is 2.41. The molecule has 7 nitrogen and oxygen atoms in total. The minimum atomic E-state index is -5.01. The Kier molecular flexibility index (Phi) is 4.90. The van der Waals surface area contributed by atoms with Crippen LogP contribution < -0.4 is 5.32 Å². The van der Waals surface area contributed by atoms with Crippen molar-refractivity contribution >= 4 is 22.6 Å². The van der Waals surface area contributed by atoms with Gasteiger partial charge in [-0.1, -0.05) is 17.3 Å². The second kappa shape index (κ2) is 7.35. The van der Waals surface area contributed by atoms with Crippen molar-refractivity contribution in [2.75, 3.05) is 5.32 Å². The Bertz CT molecular complexity index is 1320. The van der Waals surface area contributed by atoms with Gasteiger partial charge in [0.2, 0.25) is 0 Å². The number of amides is 1. The summed E-state index contributed by atoms with van der Waals surface area (Å²) in [6, 6.07) is 5.83. The number of carbonyl (C=O) groups is 1. The lowest BCUT2D eigenvalue weighted by Crippen LogP contribution is -2.21. The average molecular weight is 455 g/mol. The van der Waals surface area contributed by atoms with E-state index in [1.54, 1.807) is 0 Å². The molecule has 0 bridgehead atoms. The van der Waals surface area contributed by atoms with E-state index >= 15 is 0 Å². The first kappa shape index (κ1) is 21.3. The number of fused-ring (bicyclic) bond motifs is 1. The Morgan fingerprint density at radius 1 is 1.09 bits per heavy atom. The van der Waals surface area contributed by atoms with Crippen LogP contribution in [0.4, 0.5) is 32.0 Å². The summed E-state index contributed by atoms with van der Waals surface area (Å²) in [5, 5.41) is 9.72. The highest BCUT2D eigenvalue weighted by Gasteiger charge is 2.42. The molecule has 0 radical (unpaired) electrons. The Hall–Kier alpha value is -3.90. The van der Waals surface area contributed by atoms with Crippen LogP contribution in [0.1, 0.15) is 21.7 Å². The number of nitrogens with one attached hydrogen (secondary N) is 1. The summed E-state index contributed by atoms with van der Waals surface area (Å²) in [7, 11) is 1.12. The van der Waals surface area contributed by atoms with Crippen molar-refractivity contribution in [3.63, 3.8) is 0 Å². The average Bonchev–Trinajstić information content (AvgIpc) is 3.31. The number of aromatic nitrogens is 4. The molecule has 166 valence electrons. The molecule has 3 aromatic heterocycles. The van der Waals surface area contributed by atoms with Crippen molar-refractivity contribution in [3.05, 3.63) is 59.7 Å². The predicted molar refractivity (Wildman–Crippen MR) is 98.4 cm³/mol. The number of aryl methyl sites for hydroxylation is 1. The van der Waals surface area contributed by atoms with E-state index in [1.165, 1.54) is 24.4 Å². The molecule has 1 amide bonds. The number of benzene rings is 1. The molecule has 0 aliphatic rings. The van der Waals surface area contributed by atoms with E-state index in [4.69, 9.17) is 4.52 Å². The van der Waals surface area contributed by atoms with E-state index in [0.29, 0.717) is 10.7 Å². The van der Waals surface area contributed by atoms with Gasteiger partial charge in [-0.15, -0.1) is 0 Å². The third-order valence-electron chi connectivity index (χ3n) is 4.51. The van der Waals surface area contributed by atoms with Gasteiger partial charge in [0.25, 0.3) is 5.91 Å². The maximum atomic E-state index is 14.0. The lowest BCUT2D eigenvalue weighted by molar-refractivity contribution is -0.141. The number of rotatable bonds is 3. The van der Waals surface area contributed by atoms with E-state index in [0.717, 1.165) is 19.3 Å². The van der Waals surface area contributed by atoms with Crippen molar-refractivity contribution in [2.45, 2.75) is 12.4 Å². The summed E-state index contributed by atoms with van der Waals surface area (Å²) >= 11 is 0. The molecule has 1 N–H and O–H groups in total. The second-order valence-electron chi connectivity index (χ2n) is 6.62. The fourth-order valence-electron chi connectivity index (χ4n) is 3.19. The highest BCUT2D eigenvalue weighted by molar-refractivity contribution is 6.06. The minimum absolute atomic E-state index is 0.0222. The molecule has 0 saturated carbocycles. The van der Waals surface area contributed by atoms with Crippen LogP contribution in [-0.4, -0.2) is 25.8 Å². The van der Waals surface area contributed by atoms with Gasteiger partial charge in [0, 0.05) is 24.5 Å². The van der Waals surface area contributed by atoms with Gasteiger partial charge in [-0.25, -0.2) is 0 Å². The maximum Gasteiger partial charge on any atom is 0.433 e. The number of anilines is 1. The van der Waals surface area contributed by atoms with Gasteiger partial charge < -0.3 is 9.84 Å². The molecule has 0 unspecified atom stereocenters. The SMILES string of the molecule is Cn1nc(-c2cccc3oncc23)c(C(F)(F)F)c1C(=O)Nc1ccnc(C(F)(F)F)c1. The molecule has 0 atom stereocenters. The number of halogens is 6. The first-order valence-electron chi connectivity index (χ1n) is 8.79. The quantitative estimate of drug-likeness (QED) is 0.444. The fourth-order valence-corrected chi connectivity index (χ4v) is 3.19. The number of hydrogen-bond acceptors (Lipinski definition) is 5. The van der Waals surface area contributed by atoms with E-state index < -0.39 is 40.9 Å². The van der Waals surface area contributed by atoms with Crippen LogP contribution in [0.15, 0.2) is 47.2 Å². The molecule has 4 rings (SSSR count). The van der Waals surface area contributed by atoms with Gasteiger partial charge in [0.15, 0.2) is 5.58 Å². The molecule has 0 spiro atoms. The largest absolute Gasteiger partial charge is 0.433 e. The van der Waals surface area contributed by atoms with E-state index in [-0.39, 0.29) is 22.2 Å². The number of carbonyl (C=O) groups excluding carboxylic acids is 1. The Balaban J connectivity index is 1.82. The van der Waals surface area contributed by atoms with Crippen molar-refractivity contribution in [1.82, 2.24) is 19.9 Å². The molecule has 0 saturated heterocycles. The molecule has 0 aliphatic heterocycles. The normalized spacial score (nSPS) is 12.3. The summed E-state index contributed by atoms with van der Waals surface area (Å²) in [5.74, 6) is -1.30. The maximum absolute atomic E-state index is 14.0. The topological polar surface area (TPSA) is 85.8 Å². The van der Waals surface area contributed by atoms with Gasteiger partial charge in [-0.05, 0) is 18.2 Å². The first-order chi connectivity index (χ1) is 15.0. The van der Waals surface area contributed by atoms with Crippen LogP contribution in [0.2, 0.25) is 0 Å². The zero-order valence-electron chi connectivity index (χ0n) is 15.9. The van der Waals surface area contributed by atoms with E-state index in [2.05, 4.69) is 20.6 Å². The minimum Gasteiger partial charge on any atom is -0.356 e. The van der Waals surface area contributed by atoms with Crippen molar-refractivity contribution < 1.29 is 35.7 Å². The molecule has 0 fully saturated rings. The van der Waals surface area contributed by atoms with Crippen molar-refractivity contribution in [3.8, 4) is 11.3 Å². The summed E-state index contributed by atoms with van der Waals surface area (Å²) in [5.41, 5.74) is -4.24. The number of hydrogen-bond donors (Lipinski definition) is 1. The molecule has 3 heterocycles. The van der Waals surface area contributed by atoms with Gasteiger partial charge in [0.1, 0.15) is 22.6 Å². The van der Waals surface area contributed by atoms with Crippen molar-refractivity contribution in [1.29, 1.82) is 0 Å². The van der Waals surface area contributed by atoms with Gasteiger partial charge in [-0.2, -0.15) is 31.4 Å². The third kappa shape index (κ3) is 3.76. The van der Waals surface area contributed by atoms with E-state index in [1.807, 2.05) is 0 Å². The third-order valence-corrected chi connectivity index (χ3v) is 4.51. The van der Waals surface area contributed by atoms with Gasteiger partial charge in [-0.3, -0.25) is 14.5 Å². The van der Waals surface area contributed by atoms with Crippen LogP contribution in [0.5, 0.6) is 0 Å². The van der Waals surface area contributed by atoms with E-state index in [9.17, 15) is 31.1 Å². The standard InChI is InChI=1S/C19H11F6N5O2/c1-30-16(17(31)28-9-5-6-26-13(7-9)18(20,21)22)14(19(23,24)25)15(29-30)10-3-2-4-12-11(10)8-27-32-12/h2-8H,1H3,(H,26,28,31). The molecule has 1 aromatic carbocycles. The molecule has 13 heteroatoms. The Morgan fingerprint density at radius 2 is 1.84 bits per heavy atom. The predicted octanol–water partition coefficient (Wildman–Crippen LogP) is 4.91. The lowest BCUT2D eigenvalue weighted by atomic mass is 10.0. The summed E-state index contributed by atoms with van der Waals surface area (Å²) in [4.78, 5) is 15.9. The summed E-state index contributed by atoms with van der Waals surface area (Å²) in [6.07, 6.45) is -7.81. The van der Waals surface area contributed by atoms with Gasteiger partial charge in [0.05, 0.1) is 11.6 Å². The van der Waals surface area contributed by atoms with Crippen LogP contribution in [0, 0.1) is 0 Å². The zero-order chi connectivity index (χ0) is 23.3. The number of alkyl halides is 6. The Labute approximate surface area is 174 Å². The van der Waals surface area contributed by atoms with Crippen LogP contribution in [-0.2, 0) is 19.4 Å². The fraction of sp³-hybridized carbons (Fsp3) is 0.158. The highest BCUT2D eigenvalue weighted by atomic mass is 19.4. The van der Waals surface area contributed by atoms with Crippen LogP contribution >= 0.6 is 0 Å². The summed E-state index contributed by atoms with van der Waals surface area (Å²) in [6.45, 7) is 0. The summed E-state index contributed by atoms with van der Waals surface area (Å²) < 4.78 is 86.3. The number of nitrogens with zero attached hydrogens (tertiary/aromatic N) is 4. The smallest absolute Gasteiger partial charge is 0.356 e. The Morgan fingerprint density at radius 3 is 2.53 bits per heavy atom. The second-order valence-corrected chi connectivity index (χ2v) is 6.62. The monoisotopic (exact) mass is 455 g/mol. The molecular weight excluding hydrogens is 444 g/mol. The molecule has 0 aliphatic carbocycles. The molecule has 4 aromatic rings. The lowest BCUT2D eigenvalue weighted by Gasteiger charge is -2.12. The van der Waals surface area contributed by atoms with Crippen LogP contribution in [0.25, 0.3) is 22.2 Å². The first-order valence-corrected chi connectivity index (χ1v) is 8.79. The number of pyridine rings is 1. The van der Waals surface area contributed by atoms with Gasteiger partial charge >= 0.3 is 12.4 Å².